The van der Waals surface area contributed by atoms with Gasteiger partial charge in [0, 0.05) is 12.6 Å². The third-order valence-electron chi connectivity index (χ3n) is 5.32. The van der Waals surface area contributed by atoms with E-state index in [1.54, 1.807) is 18.2 Å². The molecule has 4 rings (SSSR count). The van der Waals surface area contributed by atoms with Gasteiger partial charge in [-0.05, 0) is 44.6 Å². The first-order valence-electron chi connectivity index (χ1n) is 10.3. The summed E-state index contributed by atoms with van der Waals surface area (Å²) in [6.45, 7) is 0.520. The Morgan fingerprint density at radius 1 is 1.16 bits per heavy atom. The van der Waals surface area contributed by atoms with Crippen LogP contribution < -0.4 is 5.32 Å². The Labute approximate surface area is 185 Å². The normalized spacial score (nSPS) is 14.6. The lowest BCUT2D eigenvalue weighted by atomic mass is 10.1. The number of aromatic nitrogens is 3. The van der Waals surface area contributed by atoms with Gasteiger partial charge in [-0.3, -0.25) is 9.36 Å². The van der Waals surface area contributed by atoms with Gasteiger partial charge in [-0.15, -0.1) is 10.2 Å². The number of hydrogen-bond acceptors (Lipinski definition) is 5. The predicted molar refractivity (Wildman–Crippen MR) is 120 cm³/mol. The molecule has 1 saturated carbocycles. The second-order valence-corrected chi connectivity index (χ2v) is 8.81. The average Bonchev–Trinajstić information content (AvgIpc) is 3.52. The lowest BCUT2D eigenvalue weighted by Crippen LogP contribution is -2.35. The van der Waals surface area contributed by atoms with E-state index in [0.29, 0.717) is 23.1 Å². The standard InChI is InChI=1S/C23H26FN5OS/c1-28(2)20(16-8-4-3-5-9-16)14-25-21(30)15-31-23-27-26-22(29(23)17-12-13-17)18-10-6-7-11-19(18)24/h3-11,17,20H,12-15H2,1-2H3,(H,25,30)/t20-/m1/s1. The summed E-state index contributed by atoms with van der Waals surface area (Å²) in [5.41, 5.74) is 1.60. The maximum atomic E-state index is 14.3. The molecule has 1 aliphatic carbocycles. The van der Waals surface area contributed by atoms with E-state index >= 15 is 0 Å². The Hall–Kier alpha value is -2.71. The van der Waals surface area contributed by atoms with E-state index in [0.717, 1.165) is 18.4 Å². The Morgan fingerprint density at radius 3 is 2.55 bits per heavy atom. The molecule has 8 heteroatoms. The molecule has 31 heavy (non-hydrogen) atoms. The molecule has 1 fully saturated rings. The van der Waals surface area contributed by atoms with Gasteiger partial charge in [-0.1, -0.05) is 54.2 Å². The molecule has 0 unspecified atom stereocenters. The van der Waals surface area contributed by atoms with Crippen molar-refractivity contribution >= 4 is 17.7 Å². The Morgan fingerprint density at radius 2 is 1.87 bits per heavy atom. The van der Waals surface area contributed by atoms with Gasteiger partial charge in [0.05, 0.1) is 17.4 Å². The van der Waals surface area contributed by atoms with Gasteiger partial charge >= 0.3 is 0 Å². The summed E-state index contributed by atoms with van der Waals surface area (Å²) in [6.07, 6.45) is 2.03. The molecule has 0 spiro atoms. The van der Waals surface area contributed by atoms with Crippen LogP contribution in [-0.4, -0.2) is 52.0 Å². The number of carbonyl (C=O) groups excluding carboxylic acids is 1. The van der Waals surface area contributed by atoms with Crippen LogP contribution in [-0.2, 0) is 4.79 Å². The number of likely N-dealkylation sites (N-methyl/N-ethyl adjacent to an activating group) is 1. The van der Waals surface area contributed by atoms with Crippen molar-refractivity contribution in [2.24, 2.45) is 0 Å². The smallest absolute Gasteiger partial charge is 0.230 e. The van der Waals surface area contributed by atoms with E-state index in [9.17, 15) is 9.18 Å². The van der Waals surface area contributed by atoms with Crippen molar-refractivity contribution in [3.05, 3.63) is 66.0 Å². The van der Waals surface area contributed by atoms with Crippen LogP contribution in [0.4, 0.5) is 4.39 Å². The molecule has 1 aromatic heterocycles. The van der Waals surface area contributed by atoms with E-state index in [4.69, 9.17) is 0 Å². The molecule has 0 bridgehead atoms. The molecule has 1 aliphatic rings. The molecular weight excluding hydrogens is 413 g/mol. The van der Waals surface area contributed by atoms with Crippen molar-refractivity contribution in [1.82, 2.24) is 25.0 Å². The first-order valence-corrected chi connectivity index (χ1v) is 11.3. The Bertz CT molecular complexity index is 1040. The molecule has 1 heterocycles. The number of carbonyl (C=O) groups is 1. The number of hydrogen-bond donors (Lipinski definition) is 1. The van der Waals surface area contributed by atoms with Crippen LogP contribution >= 0.6 is 11.8 Å². The summed E-state index contributed by atoms with van der Waals surface area (Å²) in [7, 11) is 4.00. The summed E-state index contributed by atoms with van der Waals surface area (Å²) in [5.74, 6) is 0.379. The zero-order valence-corrected chi connectivity index (χ0v) is 18.5. The summed E-state index contributed by atoms with van der Waals surface area (Å²) in [6, 6.07) is 17.1. The molecule has 3 aromatic rings. The van der Waals surface area contributed by atoms with Crippen molar-refractivity contribution in [3.8, 4) is 11.4 Å². The monoisotopic (exact) mass is 439 g/mol. The molecule has 1 amide bonds. The van der Waals surface area contributed by atoms with E-state index < -0.39 is 0 Å². The van der Waals surface area contributed by atoms with Gasteiger partial charge in [0.25, 0.3) is 0 Å². The lowest BCUT2D eigenvalue weighted by Gasteiger charge is -2.25. The molecule has 6 nitrogen and oxygen atoms in total. The van der Waals surface area contributed by atoms with Gasteiger partial charge in [-0.25, -0.2) is 4.39 Å². The number of halogens is 1. The van der Waals surface area contributed by atoms with Crippen LogP contribution in [0.1, 0.15) is 30.5 Å². The van der Waals surface area contributed by atoms with Crippen molar-refractivity contribution in [2.45, 2.75) is 30.1 Å². The molecular formula is C23H26FN5OS. The first kappa shape index (κ1) is 21.5. The largest absolute Gasteiger partial charge is 0.353 e. The van der Waals surface area contributed by atoms with Crippen molar-refractivity contribution < 1.29 is 9.18 Å². The van der Waals surface area contributed by atoms with Crippen LogP contribution in [0.15, 0.2) is 59.8 Å². The second kappa shape index (κ2) is 9.62. The minimum atomic E-state index is -0.318. The highest BCUT2D eigenvalue weighted by Crippen LogP contribution is 2.41. The number of amides is 1. The maximum Gasteiger partial charge on any atom is 0.230 e. The third-order valence-corrected chi connectivity index (χ3v) is 6.27. The van der Waals surface area contributed by atoms with Gasteiger partial charge in [-0.2, -0.15) is 0 Å². The van der Waals surface area contributed by atoms with Crippen molar-refractivity contribution in [1.29, 1.82) is 0 Å². The highest BCUT2D eigenvalue weighted by molar-refractivity contribution is 7.99. The fraction of sp³-hybridized carbons (Fsp3) is 0.348. The molecule has 2 aromatic carbocycles. The molecule has 1 atom stereocenters. The second-order valence-electron chi connectivity index (χ2n) is 7.87. The molecule has 0 radical (unpaired) electrons. The van der Waals surface area contributed by atoms with Gasteiger partial charge in [0.1, 0.15) is 5.82 Å². The van der Waals surface area contributed by atoms with Crippen molar-refractivity contribution in [2.75, 3.05) is 26.4 Å². The van der Waals surface area contributed by atoms with Crippen LogP contribution in [0, 0.1) is 5.82 Å². The average molecular weight is 440 g/mol. The lowest BCUT2D eigenvalue weighted by molar-refractivity contribution is -0.118. The zero-order chi connectivity index (χ0) is 21.8. The summed E-state index contributed by atoms with van der Waals surface area (Å²) >= 11 is 1.34. The van der Waals surface area contributed by atoms with Gasteiger partial charge < -0.3 is 10.2 Å². The predicted octanol–water partition coefficient (Wildman–Crippen LogP) is 3.93. The van der Waals surface area contributed by atoms with E-state index in [1.165, 1.54) is 17.8 Å². The summed E-state index contributed by atoms with van der Waals surface area (Å²) in [4.78, 5) is 14.6. The molecule has 162 valence electrons. The van der Waals surface area contributed by atoms with Crippen LogP contribution in [0.5, 0.6) is 0 Å². The van der Waals surface area contributed by atoms with Gasteiger partial charge in [0.2, 0.25) is 5.91 Å². The SMILES string of the molecule is CN(C)[C@H](CNC(=O)CSc1nnc(-c2ccccc2F)n1C1CC1)c1ccccc1. The Balaban J connectivity index is 1.40. The number of nitrogens with zero attached hydrogens (tertiary/aromatic N) is 4. The quantitative estimate of drug-likeness (QED) is 0.512. The topological polar surface area (TPSA) is 63.1 Å². The van der Waals surface area contributed by atoms with E-state index in [-0.39, 0.29) is 29.6 Å². The van der Waals surface area contributed by atoms with Gasteiger partial charge in [0.15, 0.2) is 11.0 Å². The number of benzene rings is 2. The molecule has 1 N–H and O–H groups in total. The number of rotatable bonds is 9. The number of nitrogens with one attached hydrogen (secondary N) is 1. The summed E-state index contributed by atoms with van der Waals surface area (Å²) in [5, 5.41) is 12.2. The van der Waals surface area contributed by atoms with E-state index in [2.05, 4.69) is 32.5 Å². The minimum Gasteiger partial charge on any atom is -0.353 e. The zero-order valence-electron chi connectivity index (χ0n) is 17.7. The minimum absolute atomic E-state index is 0.0643. The Kier molecular flexibility index (Phi) is 6.67. The third kappa shape index (κ3) is 5.14. The first-order chi connectivity index (χ1) is 15.0. The van der Waals surface area contributed by atoms with Crippen LogP contribution in [0.25, 0.3) is 11.4 Å². The van der Waals surface area contributed by atoms with Crippen LogP contribution in [0.2, 0.25) is 0 Å². The highest BCUT2D eigenvalue weighted by atomic mass is 32.2. The summed E-state index contributed by atoms with van der Waals surface area (Å²) < 4.78 is 16.3. The van der Waals surface area contributed by atoms with Crippen LogP contribution in [0.3, 0.4) is 0 Å². The highest BCUT2D eigenvalue weighted by Gasteiger charge is 2.31. The number of thioether (sulfide) groups is 1. The van der Waals surface area contributed by atoms with Crippen molar-refractivity contribution in [3.63, 3.8) is 0 Å². The molecule has 0 saturated heterocycles. The fourth-order valence-corrected chi connectivity index (χ4v) is 4.36. The fourth-order valence-electron chi connectivity index (χ4n) is 3.53. The molecule has 0 aliphatic heterocycles. The van der Waals surface area contributed by atoms with E-state index in [1.807, 2.05) is 36.9 Å². The maximum absolute atomic E-state index is 14.3.